The zero-order valence-corrected chi connectivity index (χ0v) is 11.8. The molecule has 1 atom stereocenters. The van der Waals surface area contributed by atoms with Crippen molar-refractivity contribution in [2.24, 2.45) is 5.73 Å². The molecule has 2 aromatic rings. The number of aromatic nitrogens is 2. The molecule has 0 spiro atoms. The number of nitrogens with two attached hydrogens (primary N) is 1. The number of rotatable bonds is 5. The first kappa shape index (κ1) is 14.3. The van der Waals surface area contributed by atoms with Gasteiger partial charge in [0.05, 0.1) is 12.4 Å². The highest BCUT2D eigenvalue weighted by atomic mass is 16.2. The molecule has 4 N–H and O–H groups in total. The molecule has 1 heterocycles. The Morgan fingerprint density at radius 1 is 1.50 bits per heavy atom. The molecule has 0 radical (unpaired) electrons. The molecule has 0 aliphatic rings. The number of H-pyrrole nitrogens is 1. The maximum absolute atomic E-state index is 12.2. The molecular formula is C15H20N4O. The monoisotopic (exact) mass is 272 g/mol. The van der Waals surface area contributed by atoms with E-state index in [4.69, 9.17) is 5.73 Å². The molecule has 1 amide bonds. The average molecular weight is 272 g/mol. The summed E-state index contributed by atoms with van der Waals surface area (Å²) in [7, 11) is 0. The number of nitrogens with one attached hydrogen (secondary N) is 2. The minimum atomic E-state index is -0.597. The Hall–Kier alpha value is -2.14. The van der Waals surface area contributed by atoms with Crippen LogP contribution in [0, 0.1) is 6.92 Å². The number of anilines is 1. The van der Waals surface area contributed by atoms with E-state index in [1.54, 1.807) is 12.5 Å². The molecule has 1 aromatic heterocycles. The minimum Gasteiger partial charge on any atom is -0.348 e. The predicted octanol–water partition coefficient (Wildman–Crippen LogP) is 1.79. The Morgan fingerprint density at radius 2 is 2.30 bits per heavy atom. The van der Waals surface area contributed by atoms with Crippen molar-refractivity contribution in [2.75, 3.05) is 5.32 Å². The zero-order chi connectivity index (χ0) is 14.5. The van der Waals surface area contributed by atoms with Crippen molar-refractivity contribution in [1.82, 2.24) is 9.97 Å². The summed E-state index contributed by atoms with van der Waals surface area (Å²) < 4.78 is 0. The molecule has 5 nitrogen and oxygen atoms in total. The fraction of sp³-hybridized carbons (Fsp3) is 0.333. The van der Waals surface area contributed by atoms with Crippen molar-refractivity contribution in [3.8, 4) is 0 Å². The minimum absolute atomic E-state index is 0.177. The van der Waals surface area contributed by atoms with Gasteiger partial charge in [0, 0.05) is 24.0 Å². The van der Waals surface area contributed by atoms with Crippen LogP contribution < -0.4 is 11.1 Å². The fourth-order valence-electron chi connectivity index (χ4n) is 2.14. The molecule has 20 heavy (non-hydrogen) atoms. The van der Waals surface area contributed by atoms with Gasteiger partial charge in [0.15, 0.2) is 0 Å². The van der Waals surface area contributed by atoms with Gasteiger partial charge in [0.25, 0.3) is 0 Å². The molecule has 2 rings (SSSR count). The standard InChI is InChI=1S/C15H20N4O/c1-3-11-6-4-5-10(2)14(11)19-15(20)13(16)7-12-8-17-9-18-12/h4-6,8-9,13H,3,7,16H2,1-2H3,(H,17,18)(H,19,20)/t13-/m0/s1. The van der Waals surface area contributed by atoms with E-state index in [-0.39, 0.29) is 5.91 Å². The number of amides is 1. The summed E-state index contributed by atoms with van der Waals surface area (Å²) in [5, 5.41) is 2.94. The summed E-state index contributed by atoms with van der Waals surface area (Å²) in [6.07, 6.45) is 4.57. The van der Waals surface area contributed by atoms with E-state index in [9.17, 15) is 4.79 Å². The van der Waals surface area contributed by atoms with E-state index in [1.165, 1.54) is 0 Å². The largest absolute Gasteiger partial charge is 0.348 e. The average Bonchev–Trinajstić information content (AvgIpc) is 2.93. The number of aryl methyl sites for hydroxylation is 2. The molecule has 1 aromatic carbocycles. The molecule has 106 valence electrons. The molecule has 0 saturated carbocycles. The third kappa shape index (κ3) is 3.24. The van der Waals surface area contributed by atoms with Gasteiger partial charge in [-0.25, -0.2) is 4.98 Å². The van der Waals surface area contributed by atoms with Gasteiger partial charge in [-0.1, -0.05) is 25.1 Å². The second-order valence-electron chi connectivity index (χ2n) is 4.84. The van der Waals surface area contributed by atoms with Crippen LogP contribution in [-0.4, -0.2) is 21.9 Å². The van der Waals surface area contributed by atoms with Gasteiger partial charge in [0.2, 0.25) is 5.91 Å². The first-order valence-corrected chi connectivity index (χ1v) is 6.74. The number of aromatic amines is 1. The lowest BCUT2D eigenvalue weighted by molar-refractivity contribution is -0.117. The number of para-hydroxylation sites is 1. The van der Waals surface area contributed by atoms with Gasteiger partial charge in [-0.05, 0) is 24.5 Å². The molecule has 0 unspecified atom stereocenters. The van der Waals surface area contributed by atoms with Gasteiger partial charge in [-0.2, -0.15) is 0 Å². The van der Waals surface area contributed by atoms with Crippen LogP contribution in [0.5, 0.6) is 0 Å². The lowest BCUT2D eigenvalue weighted by atomic mass is 10.0. The van der Waals surface area contributed by atoms with Gasteiger partial charge in [0.1, 0.15) is 0 Å². The van der Waals surface area contributed by atoms with Crippen LogP contribution in [0.1, 0.15) is 23.7 Å². The van der Waals surface area contributed by atoms with E-state index in [2.05, 4.69) is 22.2 Å². The number of benzene rings is 1. The van der Waals surface area contributed by atoms with Crippen LogP contribution in [0.3, 0.4) is 0 Å². The summed E-state index contributed by atoms with van der Waals surface area (Å²) in [5.74, 6) is -0.177. The number of carbonyl (C=O) groups excluding carboxylic acids is 1. The highest BCUT2D eigenvalue weighted by Crippen LogP contribution is 2.21. The van der Waals surface area contributed by atoms with Crippen LogP contribution in [0.25, 0.3) is 0 Å². The van der Waals surface area contributed by atoms with Crippen LogP contribution in [0.2, 0.25) is 0 Å². The molecule has 0 aliphatic heterocycles. The quantitative estimate of drug-likeness (QED) is 0.776. The first-order chi connectivity index (χ1) is 9.61. The Kier molecular flexibility index (Phi) is 4.53. The van der Waals surface area contributed by atoms with E-state index in [0.29, 0.717) is 6.42 Å². The molecule has 0 saturated heterocycles. The molecular weight excluding hydrogens is 252 g/mol. The Labute approximate surface area is 118 Å². The van der Waals surface area contributed by atoms with E-state index >= 15 is 0 Å². The molecule has 0 fully saturated rings. The van der Waals surface area contributed by atoms with Crippen molar-refractivity contribution < 1.29 is 4.79 Å². The summed E-state index contributed by atoms with van der Waals surface area (Å²) in [4.78, 5) is 19.1. The predicted molar refractivity (Wildman–Crippen MR) is 79.5 cm³/mol. The second-order valence-corrected chi connectivity index (χ2v) is 4.84. The van der Waals surface area contributed by atoms with Crippen molar-refractivity contribution in [1.29, 1.82) is 0 Å². The van der Waals surface area contributed by atoms with Crippen molar-refractivity contribution in [2.45, 2.75) is 32.7 Å². The van der Waals surface area contributed by atoms with Gasteiger partial charge in [-0.3, -0.25) is 4.79 Å². The zero-order valence-electron chi connectivity index (χ0n) is 11.8. The Morgan fingerprint density at radius 3 is 2.95 bits per heavy atom. The number of imidazole rings is 1. The summed E-state index contributed by atoms with van der Waals surface area (Å²) in [6, 6.07) is 5.40. The summed E-state index contributed by atoms with van der Waals surface area (Å²) >= 11 is 0. The lowest BCUT2D eigenvalue weighted by Crippen LogP contribution is -2.37. The van der Waals surface area contributed by atoms with E-state index < -0.39 is 6.04 Å². The van der Waals surface area contributed by atoms with Gasteiger partial charge in [-0.15, -0.1) is 0 Å². The normalized spacial score (nSPS) is 12.2. The lowest BCUT2D eigenvalue weighted by Gasteiger charge is -2.16. The molecule has 0 bridgehead atoms. The Bertz CT molecular complexity index is 578. The van der Waals surface area contributed by atoms with Crippen LogP contribution in [-0.2, 0) is 17.6 Å². The van der Waals surface area contributed by atoms with Gasteiger partial charge < -0.3 is 16.0 Å². The van der Waals surface area contributed by atoms with Gasteiger partial charge >= 0.3 is 0 Å². The number of hydrogen-bond acceptors (Lipinski definition) is 3. The highest BCUT2D eigenvalue weighted by molar-refractivity contribution is 5.96. The third-order valence-electron chi connectivity index (χ3n) is 3.32. The SMILES string of the molecule is CCc1cccc(C)c1NC(=O)[C@@H](N)Cc1cnc[nH]1. The van der Waals surface area contributed by atoms with Crippen LogP contribution in [0.4, 0.5) is 5.69 Å². The van der Waals surface area contributed by atoms with E-state index in [0.717, 1.165) is 28.9 Å². The maximum Gasteiger partial charge on any atom is 0.241 e. The van der Waals surface area contributed by atoms with Crippen molar-refractivity contribution in [3.63, 3.8) is 0 Å². The number of nitrogens with zero attached hydrogens (tertiary/aromatic N) is 1. The first-order valence-electron chi connectivity index (χ1n) is 6.74. The maximum atomic E-state index is 12.2. The summed E-state index contributed by atoms with van der Waals surface area (Å²) in [6.45, 7) is 4.05. The Balaban J connectivity index is 2.08. The smallest absolute Gasteiger partial charge is 0.241 e. The van der Waals surface area contributed by atoms with Crippen molar-refractivity contribution >= 4 is 11.6 Å². The van der Waals surface area contributed by atoms with E-state index in [1.807, 2.05) is 25.1 Å². The third-order valence-corrected chi connectivity index (χ3v) is 3.32. The van der Waals surface area contributed by atoms with Crippen molar-refractivity contribution in [3.05, 3.63) is 47.5 Å². The molecule has 5 heteroatoms. The van der Waals surface area contributed by atoms with Crippen LogP contribution >= 0.6 is 0 Å². The number of hydrogen-bond donors (Lipinski definition) is 3. The summed E-state index contributed by atoms with van der Waals surface area (Å²) in [5.41, 5.74) is 9.83. The topological polar surface area (TPSA) is 83.8 Å². The fourth-order valence-corrected chi connectivity index (χ4v) is 2.14. The molecule has 0 aliphatic carbocycles. The second kappa shape index (κ2) is 6.34. The highest BCUT2D eigenvalue weighted by Gasteiger charge is 2.16. The number of carbonyl (C=O) groups is 1. The van der Waals surface area contributed by atoms with Crippen LogP contribution in [0.15, 0.2) is 30.7 Å².